The number of amides is 1. The molecule has 3 rings (SSSR count). The number of carbonyl (C=O) groups is 1. The molecule has 0 atom stereocenters. The normalized spacial score (nSPS) is 10.7. The number of aromatic hydroxyl groups is 1. The van der Waals surface area contributed by atoms with Crippen LogP contribution < -0.4 is 15.4 Å². The zero-order valence-corrected chi connectivity index (χ0v) is 14.3. The molecule has 128 valence electrons. The highest BCUT2D eigenvalue weighted by Crippen LogP contribution is 2.27. The summed E-state index contributed by atoms with van der Waals surface area (Å²) in [5, 5.41) is 10.9. The van der Waals surface area contributed by atoms with Gasteiger partial charge in [0.05, 0.1) is 5.52 Å². The molecule has 25 heavy (non-hydrogen) atoms. The first-order valence-corrected chi connectivity index (χ1v) is 7.79. The Kier molecular flexibility index (Phi) is 4.19. The van der Waals surface area contributed by atoms with Gasteiger partial charge in [0.1, 0.15) is 11.3 Å². The zero-order chi connectivity index (χ0) is 18.1. The van der Waals surface area contributed by atoms with Gasteiger partial charge in [-0.3, -0.25) is 9.59 Å². The van der Waals surface area contributed by atoms with E-state index in [4.69, 9.17) is 0 Å². The number of benzene rings is 2. The lowest BCUT2D eigenvalue weighted by atomic mass is 10.1. The largest absolute Gasteiger partial charge is 0.506 e. The molecule has 2 N–H and O–H groups in total. The van der Waals surface area contributed by atoms with E-state index in [1.807, 2.05) is 31.1 Å². The first-order valence-electron chi connectivity index (χ1n) is 7.79. The van der Waals surface area contributed by atoms with Gasteiger partial charge in [-0.15, -0.1) is 0 Å². The van der Waals surface area contributed by atoms with Crippen LogP contribution in [-0.2, 0) is 0 Å². The number of pyridine rings is 1. The number of H-pyrrole nitrogens is 1. The SMILES string of the molecule is CN(C)c1ccc(N(C)C(=O)c2c(O)c3ccccc3[nH]c2=O)cc1. The van der Waals surface area contributed by atoms with Crippen LogP contribution in [-0.4, -0.2) is 37.1 Å². The summed E-state index contributed by atoms with van der Waals surface area (Å²) < 4.78 is 0. The van der Waals surface area contributed by atoms with E-state index in [1.54, 1.807) is 43.4 Å². The summed E-state index contributed by atoms with van der Waals surface area (Å²) in [5.41, 5.74) is 1.23. The minimum Gasteiger partial charge on any atom is -0.506 e. The number of nitrogens with zero attached hydrogens (tertiary/aromatic N) is 2. The van der Waals surface area contributed by atoms with Crippen molar-refractivity contribution in [3.8, 4) is 5.75 Å². The molecule has 2 aromatic carbocycles. The molecule has 0 radical (unpaired) electrons. The van der Waals surface area contributed by atoms with Crippen molar-refractivity contribution in [1.82, 2.24) is 4.98 Å². The predicted octanol–water partition coefficient (Wildman–Crippen LogP) is 2.58. The maximum atomic E-state index is 12.8. The molecule has 0 aliphatic rings. The molecule has 1 aromatic heterocycles. The average Bonchev–Trinajstić information content (AvgIpc) is 2.61. The van der Waals surface area contributed by atoms with E-state index in [2.05, 4.69) is 4.98 Å². The minimum absolute atomic E-state index is 0.266. The van der Waals surface area contributed by atoms with E-state index < -0.39 is 11.5 Å². The van der Waals surface area contributed by atoms with Crippen molar-refractivity contribution in [3.05, 3.63) is 64.4 Å². The van der Waals surface area contributed by atoms with Crippen LogP contribution >= 0.6 is 0 Å². The molecule has 0 saturated heterocycles. The van der Waals surface area contributed by atoms with Crippen molar-refractivity contribution in [3.63, 3.8) is 0 Å². The molecule has 6 nitrogen and oxygen atoms in total. The van der Waals surface area contributed by atoms with Gasteiger partial charge in [-0.2, -0.15) is 0 Å². The number of rotatable bonds is 3. The maximum absolute atomic E-state index is 12.8. The van der Waals surface area contributed by atoms with Crippen molar-refractivity contribution in [2.45, 2.75) is 0 Å². The van der Waals surface area contributed by atoms with Gasteiger partial charge in [-0.05, 0) is 36.4 Å². The van der Waals surface area contributed by atoms with Crippen molar-refractivity contribution in [2.24, 2.45) is 0 Å². The number of anilines is 2. The highest BCUT2D eigenvalue weighted by molar-refractivity contribution is 6.10. The summed E-state index contributed by atoms with van der Waals surface area (Å²) in [6, 6.07) is 14.2. The van der Waals surface area contributed by atoms with E-state index in [1.165, 1.54) is 4.90 Å². The van der Waals surface area contributed by atoms with E-state index in [-0.39, 0.29) is 11.3 Å². The Balaban J connectivity index is 2.03. The number of fused-ring (bicyclic) bond motifs is 1. The van der Waals surface area contributed by atoms with Crippen LogP contribution in [0.5, 0.6) is 5.75 Å². The molecule has 3 aromatic rings. The standard InChI is InChI=1S/C19H19N3O3/c1-21(2)12-8-10-13(11-9-12)22(3)19(25)16-17(23)14-6-4-5-7-15(14)20-18(16)24/h4-11H,1-3H3,(H2,20,23,24). The Hall–Kier alpha value is -3.28. The van der Waals surface area contributed by atoms with Gasteiger partial charge >= 0.3 is 0 Å². The first-order chi connectivity index (χ1) is 11.9. The average molecular weight is 337 g/mol. The van der Waals surface area contributed by atoms with E-state index in [9.17, 15) is 14.7 Å². The van der Waals surface area contributed by atoms with Gasteiger partial charge in [0, 0.05) is 37.9 Å². The fourth-order valence-corrected chi connectivity index (χ4v) is 2.68. The number of para-hydroxylation sites is 1. The van der Waals surface area contributed by atoms with Gasteiger partial charge in [0.2, 0.25) is 0 Å². The molecule has 1 heterocycles. The number of nitrogens with one attached hydrogen (secondary N) is 1. The molecule has 1 amide bonds. The van der Waals surface area contributed by atoms with Gasteiger partial charge in [0.15, 0.2) is 0 Å². The van der Waals surface area contributed by atoms with Crippen LogP contribution in [0.15, 0.2) is 53.3 Å². The van der Waals surface area contributed by atoms with Crippen LogP contribution in [0, 0.1) is 0 Å². The Morgan fingerprint density at radius 2 is 1.56 bits per heavy atom. The lowest BCUT2D eigenvalue weighted by Gasteiger charge is -2.19. The predicted molar refractivity (Wildman–Crippen MR) is 99.7 cm³/mol. The Morgan fingerprint density at radius 3 is 2.20 bits per heavy atom. The molecule has 0 saturated carbocycles. The molecular formula is C19H19N3O3. The summed E-state index contributed by atoms with van der Waals surface area (Å²) in [5.74, 6) is -0.872. The van der Waals surface area contributed by atoms with Crippen molar-refractivity contribution in [2.75, 3.05) is 30.9 Å². The molecule has 0 aliphatic heterocycles. The lowest BCUT2D eigenvalue weighted by molar-refractivity contribution is 0.0989. The quantitative estimate of drug-likeness (QED) is 0.770. The van der Waals surface area contributed by atoms with Crippen molar-refractivity contribution >= 4 is 28.2 Å². The first kappa shape index (κ1) is 16.6. The molecule has 0 spiro atoms. The van der Waals surface area contributed by atoms with E-state index >= 15 is 0 Å². The fourth-order valence-electron chi connectivity index (χ4n) is 2.68. The summed E-state index contributed by atoms with van der Waals surface area (Å²) >= 11 is 0. The molecule has 0 bridgehead atoms. The van der Waals surface area contributed by atoms with E-state index in [0.29, 0.717) is 16.6 Å². The molecule has 0 aliphatic carbocycles. The third kappa shape index (κ3) is 2.94. The van der Waals surface area contributed by atoms with Gasteiger partial charge < -0.3 is 19.9 Å². The Labute approximate surface area is 144 Å². The summed E-state index contributed by atoms with van der Waals surface area (Å²) in [6.07, 6.45) is 0. The maximum Gasteiger partial charge on any atom is 0.267 e. The van der Waals surface area contributed by atoms with Crippen molar-refractivity contribution < 1.29 is 9.90 Å². The minimum atomic E-state index is -0.613. The fraction of sp³-hybridized carbons (Fsp3) is 0.158. The number of hydrogen-bond acceptors (Lipinski definition) is 4. The van der Waals surface area contributed by atoms with E-state index in [0.717, 1.165) is 5.69 Å². The number of hydrogen-bond donors (Lipinski definition) is 2. The summed E-state index contributed by atoms with van der Waals surface area (Å²) in [7, 11) is 5.42. The third-order valence-corrected chi connectivity index (χ3v) is 4.17. The Bertz CT molecular complexity index is 991. The van der Waals surface area contributed by atoms with Gasteiger partial charge in [-0.1, -0.05) is 12.1 Å². The van der Waals surface area contributed by atoms with Crippen LogP contribution in [0.3, 0.4) is 0 Å². The lowest BCUT2D eigenvalue weighted by Crippen LogP contribution is -2.31. The number of aromatic amines is 1. The molecule has 0 unspecified atom stereocenters. The van der Waals surface area contributed by atoms with Crippen molar-refractivity contribution in [1.29, 1.82) is 0 Å². The van der Waals surface area contributed by atoms with Gasteiger partial charge in [-0.25, -0.2) is 0 Å². The van der Waals surface area contributed by atoms with Crippen LogP contribution in [0.2, 0.25) is 0 Å². The second-order valence-electron chi connectivity index (χ2n) is 6.00. The summed E-state index contributed by atoms with van der Waals surface area (Å²) in [6.45, 7) is 0. The molecule has 6 heteroatoms. The zero-order valence-electron chi connectivity index (χ0n) is 14.3. The van der Waals surface area contributed by atoms with Crippen LogP contribution in [0.1, 0.15) is 10.4 Å². The molecule has 0 fully saturated rings. The second-order valence-corrected chi connectivity index (χ2v) is 6.00. The van der Waals surface area contributed by atoms with Crippen LogP contribution in [0.4, 0.5) is 11.4 Å². The highest BCUT2D eigenvalue weighted by atomic mass is 16.3. The topological polar surface area (TPSA) is 76.6 Å². The molecular weight excluding hydrogens is 318 g/mol. The van der Waals surface area contributed by atoms with Crippen LogP contribution in [0.25, 0.3) is 10.9 Å². The van der Waals surface area contributed by atoms with Gasteiger partial charge in [0.25, 0.3) is 11.5 Å². The summed E-state index contributed by atoms with van der Waals surface area (Å²) in [4.78, 5) is 31.0. The second kappa shape index (κ2) is 6.32. The highest BCUT2D eigenvalue weighted by Gasteiger charge is 2.23. The number of aromatic nitrogens is 1. The Morgan fingerprint density at radius 1 is 0.960 bits per heavy atom. The number of carbonyl (C=O) groups excluding carboxylic acids is 1. The third-order valence-electron chi connectivity index (χ3n) is 4.17. The smallest absolute Gasteiger partial charge is 0.267 e. The monoisotopic (exact) mass is 337 g/mol.